The molecule has 2 aromatic carbocycles. The Kier molecular flexibility index (Phi) is 4.94. The van der Waals surface area contributed by atoms with Crippen LogP contribution in [-0.4, -0.2) is 0 Å². The summed E-state index contributed by atoms with van der Waals surface area (Å²) in [6, 6.07) is 17.1. The van der Waals surface area contributed by atoms with E-state index in [1.54, 1.807) is 0 Å². The highest BCUT2D eigenvalue weighted by molar-refractivity contribution is 5.87. The molecule has 0 N–H and O–H groups in total. The highest BCUT2D eigenvalue weighted by Crippen LogP contribution is 2.24. The zero-order chi connectivity index (χ0) is 15.2. The van der Waals surface area contributed by atoms with E-state index in [4.69, 9.17) is 0 Å². The molecule has 0 aliphatic carbocycles. The average Bonchev–Trinajstić information content (AvgIpc) is 2.50. The van der Waals surface area contributed by atoms with E-state index in [-0.39, 0.29) is 0 Å². The van der Waals surface area contributed by atoms with Crippen molar-refractivity contribution in [2.75, 3.05) is 0 Å². The van der Waals surface area contributed by atoms with Crippen molar-refractivity contribution < 1.29 is 0 Å². The predicted molar refractivity (Wildman–Crippen MR) is 94.2 cm³/mol. The van der Waals surface area contributed by atoms with Crippen LogP contribution >= 0.6 is 0 Å². The van der Waals surface area contributed by atoms with Gasteiger partial charge >= 0.3 is 0 Å². The summed E-state index contributed by atoms with van der Waals surface area (Å²) < 4.78 is 0. The summed E-state index contributed by atoms with van der Waals surface area (Å²) in [5, 5.41) is 0. The van der Waals surface area contributed by atoms with Crippen molar-refractivity contribution in [2.24, 2.45) is 0 Å². The van der Waals surface area contributed by atoms with Gasteiger partial charge in [-0.2, -0.15) is 0 Å². The van der Waals surface area contributed by atoms with Gasteiger partial charge < -0.3 is 0 Å². The van der Waals surface area contributed by atoms with Crippen molar-refractivity contribution in [1.29, 1.82) is 0 Å². The summed E-state index contributed by atoms with van der Waals surface area (Å²) in [5.41, 5.74) is 7.34. The summed E-state index contributed by atoms with van der Waals surface area (Å²) in [6.07, 6.45) is 6.27. The quantitative estimate of drug-likeness (QED) is 0.602. The van der Waals surface area contributed by atoms with Crippen LogP contribution in [0.3, 0.4) is 0 Å². The van der Waals surface area contributed by atoms with Crippen LogP contribution in [0.1, 0.15) is 29.2 Å². The highest BCUT2D eigenvalue weighted by atomic mass is 14.1. The number of hydrogen-bond acceptors (Lipinski definition) is 0. The van der Waals surface area contributed by atoms with Crippen LogP contribution in [0, 0.1) is 13.8 Å². The molecule has 0 heteroatoms. The van der Waals surface area contributed by atoms with Gasteiger partial charge in [0.2, 0.25) is 0 Å². The number of benzene rings is 2. The van der Waals surface area contributed by atoms with E-state index in [1.807, 2.05) is 6.08 Å². The van der Waals surface area contributed by atoms with Gasteiger partial charge in [0.15, 0.2) is 0 Å². The van der Waals surface area contributed by atoms with Crippen LogP contribution in [0.25, 0.3) is 11.1 Å². The first kappa shape index (κ1) is 15.1. The van der Waals surface area contributed by atoms with Gasteiger partial charge in [-0.3, -0.25) is 0 Å². The molecule has 0 saturated heterocycles. The molecule has 0 aliphatic rings. The minimum Gasteiger partial charge on any atom is -0.0984 e. The summed E-state index contributed by atoms with van der Waals surface area (Å²) in [7, 11) is 0. The molecule has 2 rings (SSSR count). The molecule has 0 heterocycles. The molecule has 0 bridgehead atoms. The van der Waals surface area contributed by atoms with Crippen molar-refractivity contribution >= 4 is 11.1 Å². The van der Waals surface area contributed by atoms with Gasteiger partial charge in [0.25, 0.3) is 0 Å². The standard InChI is InChI=1S/C21H22/c1-5-18(20-12-10-16(3)11-13-20)15-19(6-2)21-9-7-8-17(4)14-21/h5-15H,2H2,1,3-4H3/b18-5+,19-15+. The molecule has 0 nitrogen and oxygen atoms in total. The summed E-state index contributed by atoms with van der Waals surface area (Å²) in [6.45, 7) is 10.3. The SMILES string of the molecule is C=C/C(=C\C(=C/C)c1ccc(C)cc1)c1cccc(C)c1. The molecule has 0 amide bonds. The Labute approximate surface area is 128 Å². The zero-order valence-electron chi connectivity index (χ0n) is 13.1. The Balaban J connectivity index is 2.42. The zero-order valence-corrected chi connectivity index (χ0v) is 13.1. The van der Waals surface area contributed by atoms with Crippen LogP contribution in [0.2, 0.25) is 0 Å². The summed E-state index contributed by atoms with van der Waals surface area (Å²) in [5.74, 6) is 0. The lowest BCUT2D eigenvalue weighted by Gasteiger charge is -2.08. The molecule has 21 heavy (non-hydrogen) atoms. The molecule has 0 fully saturated rings. The maximum atomic E-state index is 3.97. The van der Waals surface area contributed by atoms with Gasteiger partial charge in [-0.25, -0.2) is 0 Å². The molecule has 0 saturated carbocycles. The Hall–Kier alpha value is -2.34. The van der Waals surface area contributed by atoms with Gasteiger partial charge in [-0.15, -0.1) is 0 Å². The normalized spacial score (nSPS) is 12.3. The van der Waals surface area contributed by atoms with E-state index < -0.39 is 0 Å². The van der Waals surface area contributed by atoms with Crippen LogP contribution in [0.4, 0.5) is 0 Å². The number of rotatable bonds is 4. The minimum atomic E-state index is 1.15. The molecule has 0 radical (unpaired) electrons. The second-order valence-electron chi connectivity index (χ2n) is 5.28. The summed E-state index contributed by atoms with van der Waals surface area (Å²) >= 11 is 0. The van der Waals surface area contributed by atoms with Crippen LogP contribution in [-0.2, 0) is 0 Å². The van der Waals surface area contributed by atoms with E-state index in [0.717, 1.165) is 5.57 Å². The number of allylic oxidation sites excluding steroid dienone is 5. The predicted octanol–water partition coefficient (Wildman–Crippen LogP) is 5.98. The number of hydrogen-bond donors (Lipinski definition) is 0. The Morgan fingerprint density at radius 2 is 1.57 bits per heavy atom. The Bertz CT molecular complexity index is 682. The van der Waals surface area contributed by atoms with Gasteiger partial charge in [-0.1, -0.05) is 78.4 Å². The van der Waals surface area contributed by atoms with E-state index in [2.05, 4.69) is 88.0 Å². The molecule has 106 valence electrons. The summed E-state index contributed by atoms with van der Waals surface area (Å²) in [4.78, 5) is 0. The molecular weight excluding hydrogens is 252 g/mol. The smallest absolute Gasteiger partial charge is 0.0181 e. The van der Waals surface area contributed by atoms with Crippen molar-refractivity contribution in [2.45, 2.75) is 20.8 Å². The van der Waals surface area contributed by atoms with E-state index in [9.17, 15) is 0 Å². The fraction of sp³-hybridized carbons (Fsp3) is 0.143. The monoisotopic (exact) mass is 274 g/mol. The fourth-order valence-electron chi connectivity index (χ4n) is 2.33. The third-order valence-corrected chi connectivity index (χ3v) is 3.58. The number of aryl methyl sites for hydroxylation is 2. The fourth-order valence-corrected chi connectivity index (χ4v) is 2.33. The van der Waals surface area contributed by atoms with E-state index >= 15 is 0 Å². The topological polar surface area (TPSA) is 0 Å². The molecule has 2 aromatic rings. The van der Waals surface area contributed by atoms with Gasteiger partial charge in [0, 0.05) is 0 Å². The van der Waals surface area contributed by atoms with Gasteiger partial charge in [0.05, 0.1) is 0 Å². The Morgan fingerprint density at radius 3 is 2.14 bits per heavy atom. The van der Waals surface area contributed by atoms with Crippen molar-refractivity contribution in [1.82, 2.24) is 0 Å². The van der Waals surface area contributed by atoms with Crippen LogP contribution in [0.15, 0.2) is 73.3 Å². The van der Waals surface area contributed by atoms with Crippen LogP contribution < -0.4 is 0 Å². The molecule has 0 aromatic heterocycles. The van der Waals surface area contributed by atoms with Crippen molar-refractivity contribution in [3.63, 3.8) is 0 Å². The minimum absolute atomic E-state index is 1.15. The molecule has 0 aliphatic heterocycles. The third-order valence-electron chi connectivity index (χ3n) is 3.58. The second-order valence-corrected chi connectivity index (χ2v) is 5.28. The third kappa shape index (κ3) is 3.82. The highest BCUT2D eigenvalue weighted by Gasteiger charge is 2.02. The maximum Gasteiger partial charge on any atom is -0.0181 e. The largest absolute Gasteiger partial charge is 0.0984 e. The first-order chi connectivity index (χ1) is 10.1. The lowest BCUT2D eigenvalue weighted by atomic mass is 9.97. The average molecular weight is 274 g/mol. The lowest BCUT2D eigenvalue weighted by Crippen LogP contribution is -1.86. The van der Waals surface area contributed by atoms with Crippen molar-refractivity contribution in [3.8, 4) is 0 Å². The second kappa shape index (κ2) is 6.90. The van der Waals surface area contributed by atoms with E-state index in [0.29, 0.717) is 0 Å². The molecule has 0 unspecified atom stereocenters. The van der Waals surface area contributed by atoms with Gasteiger partial charge in [-0.05, 0) is 49.1 Å². The lowest BCUT2D eigenvalue weighted by molar-refractivity contribution is 1.44. The van der Waals surface area contributed by atoms with E-state index in [1.165, 1.54) is 27.8 Å². The Morgan fingerprint density at radius 1 is 0.857 bits per heavy atom. The molecule has 0 atom stereocenters. The first-order valence-electron chi connectivity index (χ1n) is 7.28. The van der Waals surface area contributed by atoms with Crippen molar-refractivity contribution in [3.05, 3.63) is 95.6 Å². The maximum absolute atomic E-state index is 3.97. The molecular formula is C21H22. The van der Waals surface area contributed by atoms with Gasteiger partial charge in [0.1, 0.15) is 0 Å². The van der Waals surface area contributed by atoms with Crippen LogP contribution in [0.5, 0.6) is 0 Å². The molecule has 0 spiro atoms. The first-order valence-corrected chi connectivity index (χ1v) is 7.28.